The number of aromatic nitrogens is 1. The van der Waals surface area contributed by atoms with Crippen molar-refractivity contribution >= 4 is 38.6 Å². The Morgan fingerprint density at radius 2 is 2.31 bits per heavy atom. The third kappa shape index (κ3) is 2.91. The van der Waals surface area contributed by atoms with Gasteiger partial charge in [-0.1, -0.05) is 0 Å². The minimum atomic E-state index is 0.313. The summed E-state index contributed by atoms with van der Waals surface area (Å²) in [6.07, 6.45) is 0. The van der Waals surface area contributed by atoms with Crippen molar-refractivity contribution in [3.05, 3.63) is 36.9 Å². The molecule has 0 aromatic carbocycles. The van der Waals surface area contributed by atoms with Crippen molar-refractivity contribution in [3.63, 3.8) is 0 Å². The third-order valence-corrected chi connectivity index (χ3v) is 5.34. The van der Waals surface area contributed by atoms with Crippen LogP contribution in [0.4, 0.5) is 0 Å². The molecule has 2 rings (SSSR count). The summed E-state index contributed by atoms with van der Waals surface area (Å²) in [5, 5.41) is 8.83. The summed E-state index contributed by atoms with van der Waals surface area (Å²) < 4.78 is 1.19. The molecule has 2 aromatic heterocycles. The van der Waals surface area contributed by atoms with E-state index in [-0.39, 0.29) is 0 Å². The summed E-state index contributed by atoms with van der Waals surface area (Å²) in [4.78, 5) is 5.81. The second kappa shape index (κ2) is 5.40. The molecule has 0 aliphatic heterocycles. The van der Waals surface area contributed by atoms with E-state index in [1.807, 2.05) is 6.92 Å². The van der Waals surface area contributed by atoms with E-state index in [1.54, 1.807) is 22.7 Å². The second-order valence-electron chi connectivity index (χ2n) is 3.62. The first-order chi connectivity index (χ1) is 7.66. The standard InChI is InChI=1S/C11H13BrN2S2/c1-7-6-16-11(14-7)8(2)13-5-10-9(12)3-4-15-10/h3-4,6,8,13H,5H2,1-2H3. The van der Waals surface area contributed by atoms with Crippen molar-refractivity contribution in [3.8, 4) is 0 Å². The molecular weight excluding hydrogens is 304 g/mol. The van der Waals surface area contributed by atoms with E-state index in [2.05, 4.69) is 50.0 Å². The molecule has 0 saturated heterocycles. The largest absolute Gasteiger partial charge is 0.303 e. The van der Waals surface area contributed by atoms with E-state index < -0.39 is 0 Å². The maximum atomic E-state index is 4.48. The van der Waals surface area contributed by atoms with Crippen molar-refractivity contribution in [2.75, 3.05) is 0 Å². The van der Waals surface area contributed by atoms with Crippen molar-refractivity contribution in [2.24, 2.45) is 0 Å². The average molecular weight is 317 g/mol. The van der Waals surface area contributed by atoms with Crippen LogP contribution >= 0.6 is 38.6 Å². The van der Waals surface area contributed by atoms with Gasteiger partial charge in [0.25, 0.3) is 0 Å². The van der Waals surface area contributed by atoms with Crippen LogP contribution in [0.25, 0.3) is 0 Å². The van der Waals surface area contributed by atoms with Crippen LogP contribution < -0.4 is 5.32 Å². The Labute approximate surface area is 112 Å². The zero-order valence-corrected chi connectivity index (χ0v) is 12.4. The van der Waals surface area contributed by atoms with E-state index in [9.17, 15) is 0 Å². The molecule has 86 valence electrons. The lowest BCUT2D eigenvalue weighted by Gasteiger charge is -2.10. The quantitative estimate of drug-likeness (QED) is 0.917. The van der Waals surface area contributed by atoms with Gasteiger partial charge in [0.2, 0.25) is 0 Å². The SMILES string of the molecule is Cc1csc(C(C)NCc2sccc2Br)n1. The molecule has 2 aromatic rings. The molecule has 2 nitrogen and oxygen atoms in total. The van der Waals surface area contributed by atoms with Gasteiger partial charge in [0.05, 0.1) is 6.04 Å². The van der Waals surface area contributed by atoms with Crippen LogP contribution in [0.15, 0.2) is 21.3 Å². The molecule has 0 spiro atoms. The van der Waals surface area contributed by atoms with Crippen LogP contribution in [0.5, 0.6) is 0 Å². The topological polar surface area (TPSA) is 24.9 Å². The molecule has 0 saturated carbocycles. The first-order valence-electron chi connectivity index (χ1n) is 5.04. The van der Waals surface area contributed by atoms with Gasteiger partial charge >= 0.3 is 0 Å². The zero-order valence-electron chi connectivity index (χ0n) is 9.16. The molecule has 0 radical (unpaired) electrons. The normalized spacial score (nSPS) is 12.9. The van der Waals surface area contributed by atoms with Crippen LogP contribution in [0, 0.1) is 6.92 Å². The Balaban J connectivity index is 1.93. The number of thiazole rings is 1. The fourth-order valence-corrected chi connectivity index (χ4v) is 3.63. The molecule has 1 atom stereocenters. The summed E-state index contributed by atoms with van der Waals surface area (Å²) in [5.41, 5.74) is 1.10. The van der Waals surface area contributed by atoms with E-state index in [4.69, 9.17) is 0 Å². The van der Waals surface area contributed by atoms with Crippen molar-refractivity contribution in [1.82, 2.24) is 10.3 Å². The Bertz CT molecular complexity index is 464. The lowest BCUT2D eigenvalue weighted by molar-refractivity contribution is 0.574. The smallest absolute Gasteiger partial charge is 0.110 e. The number of thiophene rings is 1. The summed E-state index contributed by atoms with van der Waals surface area (Å²) >= 11 is 7.02. The van der Waals surface area contributed by atoms with Gasteiger partial charge in [-0.25, -0.2) is 4.98 Å². The highest BCUT2D eigenvalue weighted by Crippen LogP contribution is 2.24. The van der Waals surface area contributed by atoms with E-state index in [0.29, 0.717) is 6.04 Å². The third-order valence-electron chi connectivity index (χ3n) is 2.27. The van der Waals surface area contributed by atoms with Gasteiger partial charge in [-0.05, 0) is 41.2 Å². The van der Waals surface area contributed by atoms with E-state index >= 15 is 0 Å². The Morgan fingerprint density at radius 1 is 1.50 bits per heavy atom. The van der Waals surface area contributed by atoms with Gasteiger partial charge in [-0.2, -0.15) is 0 Å². The maximum absolute atomic E-state index is 4.48. The van der Waals surface area contributed by atoms with Crippen LogP contribution in [-0.2, 0) is 6.54 Å². The van der Waals surface area contributed by atoms with Crippen molar-refractivity contribution in [1.29, 1.82) is 0 Å². The summed E-state index contributed by atoms with van der Waals surface area (Å²) in [5.74, 6) is 0. The van der Waals surface area contributed by atoms with Gasteiger partial charge in [-0.15, -0.1) is 22.7 Å². The van der Waals surface area contributed by atoms with Gasteiger partial charge < -0.3 is 5.32 Å². The van der Waals surface area contributed by atoms with Crippen LogP contribution in [0.2, 0.25) is 0 Å². The lowest BCUT2D eigenvalue weighted by Crippen LogP contribution is -2.17. The molecule has 2 heterocycles. The molecule has 0 aliphatic carbocycles. The monoisotopic (exact) mass is 316 g/mol. The lowest BCUT2D eigenvalue weighted by atomic mass is 10.3. The van der Waals surface area contributed by atoms with E-state index in [1.165, 1.54) is 9.35 Å². The Morgan fingerprint density at radius 3 is 2.88 bits per heavy atom. The fraction of sp³-hybridized carbons (Fsp3) is 0.364. The average Bonchev–Trinajstić information content (AvgIpc) is 2.84. The first-order valence-corrected chi connectivity index (χ1v) is 7.59. The maximum Gasteiger partial charge on any atom is 0.110 e. The molecule has 0 bridgehead atoms. The van der Waals surface area contributed by atoms with Crippen molar-refractivity contribution in [2.45, 2.75) is 26.4 Å². The highest BCUT2D eigenvalue weighted by atomic mass is 79.9. The van der Waals surface area contributed by atoms with Crippen LogP contribution in [-0.4, -0.2) is 4.98 Å². The number of halogens is 1. The second-order valence-corrected chi connectivity index (χ2v) is 6.37. The molecule has 16 heavy (non-hydrogen) atoms. The van der Waals surface area contributed by atoms with E-state index in [0.717, 1.165) is 17.2 Å². The fourth-order valence-electron chi connectivity index (χ4n) is 1.36. The van der Waals surface area contributed by atoms with Gasteiger partial charge in [0.15, 0.2) is 0 Å². The summed E-state index contributed by atoms with van der Waals surface area (Å²) in [6.45, 7) is 5.07. The molecule has 0 fully saturated rings. The first kappa shape index (κ1) is 12.2. The number of nitrogens with zero attached hydrogens (tertiary/aromatic N) is 1. The van der Waals surface area contributed by atoms with Gasteiger partial charge in [-0.3, -0.25) is 0 Å². The van der Waals surface area contributed by atoms with Gasteiger partial charge in [0.1, 0.15) is 5.01 Å². The minimum Gasteiger partial charge on any atom is -0.303 e. The molecule has 1 unspecified atom stereocenters. The number of hydrogen-bond donors (Lipinski definition) is 1. The predicted molar refractivity (Wildman–Crippen MR) is 74.1 cm³/mol. The minimum absolute atomic E-state index is 0.313. The Kier molecular flexibility index (Phi) is 4.13. The molecule has 0 aliphatic rings. The highest BCUT2D eigenvalue weighted by Gasteiger charge is 2.09. The molecule has 5 heteroatoms. The summed E-state index contributed by atoms with van der Waals surface area (Å²) in [7, 11) is 0. The van der Waals surface area contributed by atoms with Crippen LogP contribution in [0.1, 0.15) is 28.5 Å². The number of hydrogen-bond acceptors (Lipinski definition) is 4. The number of aryl methyl sites for hydroxylation is 1. The van der Waals surface area contributed by atoms with Crippen LogP contribution in [0.3, 0.4) is 0 Å². The molecule has 1 N–H and O–H groups in total. The molecule has 0 amide bonds. The number of nitrogens with one attached hydrogen (secondary N) is 1. The van der Waals surface area contributed by atoms with Gasteiger partial charge in [0, 0.05) is 27.0 Å². The number of rotatable bonds is 4. The highest BCUT2D eigenvalue weighted by molar-refractivity contribution is 9.10. The van der Waals surface area contributed by atoms with Crippen molar-refractivity contribution < 1.29 is 0 Å². The predicted octanol–water partition coefficient (Wildman–Crippen LogP) is 4.13. The Hall–Kier alpha value is -0.230. The summed E-state index contributed by atoms with van der Waals surface area (Å²) in [6, 6.07) is 2.40. The zero-order chi connectivity index (χ0) is 11.5. The molecular formula is C11H13BrN2S2.